The van der Waals surface area contributed by atoms with Crippen molar-refractivity contribution in [1.82, 2.24) is 10.2 Å². The molecule has 2 aromatic carbocycles. The van der Waals surface area contributed by atoms with Gasteiger partial charge in [0.05, 0.1) is 0 Å². The maximum atomic E-state index is 13.4. The Morgan fingerprint density at radius 1 is 0.939 bits per heavy atom. The van der Waals surface area contributed by atoms with Gasteiger partial charge in [0.15, 0.2) is 0 Å². The van der Waals surface area contributed by atoms with Crippen LogP contribution in [0.1, 0.15) is 31.9 Å². The zero-order valence-electron chi connectivity index (χ0n) is 19.0. The molecule has 178 valence electrons. The number of likely N-dealkylation sites (N-methyl/N-ethyl adjacent to an activating group) is 1. The monoisotopic (exact) mass is 494 g/mol. The van der Waals surface area contributed by atoms with Crippen LogP contribution in [0.5, 0.6) is 0 Å². The number of rotatable bonds is 8. The molecule has 33 heavy (non-hydrogen) atoms. The van der Waals surface area contributed by atoms with Gasteiger partial charge in [-0.05, 0) is 56.2 Å². The van der Waals surface area contributed by atoms with Gasteiger partial charge in [-0.1, -0.05) is 47.5 Å². The molecule has 0 bridgehead atoms. The largest absolute Gasteiger partial charge is 0.480 e. The van der Waals surface area contributed by atoms with Crippen molar-refractivity contribution in [3.8, 4) is 0 Å². The first-order valence-electron chi connectivity index (χ1n) is 10.3. The Hall–Kier alpha value is -2.77. The number of hydrogen-bond donors (Lipinski definition) is 2. The minimum Gasteiger partial charge on any atom is -0.480 e. The van der Waals surface area contributed by atoms with E-state index in [0.717, 1.165) is 10.5 Å². The lowest BCUT2D eigenvalue weighted by molar-refractivity contribution is -0.149. The number of hydrogen-bond acceptors (Lipinski definition) is 4. The molecule has 2 unspecified atom stereocenters. The van der Waals surface area contributed by atoms with Gasteiger partial charge < -0.3 is 20.1 Å². The van der Waals surface area contributed by atoms with Crippen molar-refractivity contribution in [3.63, 3.8) is 0 Å². The third-order valence-electron chi connectivity index (χ3n) is 4.78. The minimum absolute atomic E-state index is 0.0782. The average molecular weight is 495 g/mol. The first-order valence-corrected chi connectivity index (χ1v) is 11.1. The summed E-state index contributed by atoms with van der Waals surface area (Å²) in [5.41, 5.74) is 0.690. The van der Waals surface area contributed by atoms with Gasteiger partial charge in [-0.15, -0.1) is 0 Å². The highest BCUT2D eigenvalue weighted by molar-refractivity contribution is 6.30. The molecule has 0 aliphatic carbocycles. The number of ether oxygens (including phenoxy) is 1. The highest BCUT2D eigenvalue weighted by Crippen LogP contribution is 2.17. The number of amides is 2. The van der Waals surface area contributed by atoms with Crippen LogP contribution in [0.3, 0.4) is 0 Å². The molecule has 0 fully saturated rings. The Kier molecular flexibility index (Phi) is 9.14. The zero-order chi connectivity index (χ0) is 24.8. The molecule has 0 aromatic heterocycles. The van der Waals surface area contributed by atoms with Crippen LogP contribution in [-0.4, -0.2) is 52.7 Å². The number of carboxylic acid groups (broad SMARTS) is 1. The molecular weight excluding hydrogens is 467 g/mol. The van der Waals surface area contributed by atoms with E-state index in [4.69, 9.17) is 27.9 Å². The average Bonchev–Trinajstić information content (AvgIpc) is 2.71. The predicted octanol–water partition coefficient (Wildman–Crippen LogP) is 4.58. The number of nitrogens with one attached hydrogen (secondary N) is 1. The van der Waals surface area contributed by atoms with Crippen molar-refractivity contribution in [2.75, 3.05) is 7.05 Å². The Labute approximate surface area is 203 Å². The molecule has 7 nitrogen and oxygen atoms in total. The van der Waals surface area contributed by atoms with Gasteiger partial charge in [0.25, 0.3) is 0 Å². The highest BCUT2D eigenvalue weighted by Gasteiger charge is 2.33. The topological polar surface area (TPSA) is 95.9 Å². The summed E-state index contributed by atoms with van der Waals surface area (Å²) in [4.78, 5) is 38.9. The number of carboxylic acids is 1. The Morgan fingerprint density at radius 3 is 1.82 bits per heavy atom. The minimum atomic E-state index is -1.16. The van der Waals surface area contributed by atoms with E-state index in [1.54, 1.807) is 69.3 Å². The van der Waals surface area contributed by atoms with Crippen molar-refractivity contribution in [2.45, 2.75) is 51.3 Å². The molecule has 2 aromatic rings. The van der Waals surface area contributed by atoms with Gasteiger partial charge >= 0.3 is 12.1 Å². The molecule has 0 aliphatic heterocycles. The fraction of sp³-hybridized carbons (Fsp3) is 0.375. The van der Waals surface area contributed by atoms with E-state index in [9.17, 15) is 19.5 Å². The first-order chi connectivity index (χ1) is 15.4. The third-order valence-corrected chi connectivity index (χ3v) is 5.29. The van der Waals surface area contributed by atoms with E-state index < -0.39 is 35.7 Å². The van der Waals surface area contributed by atoms with Crippen molar-refractivity contribution in [3.05, 3.63) is 69.7 Å². The molecule has 9 heteroatoms. The first kappa shape index (κ1) is 26.5. The molecule has 0 saturated heterocycles. The van der Waals surface area contributed by atoms with E-state index in [1.807, 2.05) is 0 Å². The molecule has 0 spiro atoms. The fourth-order valence-electron chi connectivity index (χ4n) is 3.14. The Balaban J connectivity index is 2.26. The van der Waals surface area contributed by atoms with E-state index in [-0.39, 0.29) is 12.8 Å². The van der Waals surface area contributed by atoms with Gasteiger partial charge in [0, 0.05) is 29.9 Å². The predicted molar refractivity (Wildman–Crippen MR) is 128 cm³/mol. The number of nitrogens with zero attached hydrogens (tertiary/aromatic N) is 1. The summed E-state index contributed by atoms with van der Waals surface area (Å²) < 4.78 is 5.30. The summed E-state index contributed by atoms with van der Waals surface area (Å²) in [5, 5.41) is 13.4. The third kappa shape index (κ3) is 8.59. The van der Waals surface area contributed by atoms with E-state index in [2.05, 4.69) is 5.32 Å². The summed E-state index contributed by atoms with van der Waals surface area (Å²) in [6, 6.07) is 11.4. The quantitative estimate of drug-likeness (QED) is 0.559. The van der Waals surface area contributed by atoms with Gasteiger partial charge in [-0.25, -0.2) is 9.59 Å². The molecule has 2 rings (SSSR count). The lowest BCUT2D eigenvalue weighted by Gasteiger charge is -2.30. The summed E-state index contributed by atoms with van der Waals surface area (Å²) in [6.07, 6.45) is -0.561. The molecule has 2 N–H and O–H groups in total. The summed E-state index contributed by atoms with van der Waals surface area (Å²) in [6.45, 7) is 5.13. The molecule has 0 heterocycles. The zero-order valence-corrected chi connectivity index (χ0v) is 20.5. The number of carbonyl (C=O) groups excluding carboxylic acids is 2. The second-order valence-corrected chi connectivity index (χ2v) is 9.54. The van der Waals surface area contributed by atoms with Crippen LogP contribution < -0.4 is 5.32 Å². The fourth-order valence-corrected chi connectivity index (χ4v) is 3.39. The van der Waals surface area contributed by atoms with Gasteiger partial charge in [0.2, 0.25) is 5.91 Å². The second-order valence-electron chi connectivity index (χ2n) is 8.66. The number of carbonyl (C=O) groups is 3. The molecule has 0 aliphatic rings. The number of aliphatic carboxylic acids is 1. The highest BCUT2D eigenvalue weighted by atomic mass is 35.5. The standard InChI is InChI=1S/C24H28Cl2N2O5/c1-24(2,3)33-23(32)27-19(13-15-5-9-17(25)10-6-15)21(29)28(4)20(22(30)31)14-16-7-11-18(26)12-8-16/h5-12,19-20H,13-14H2,1-4H3,(H,27,32)(H,30,31). The Morgan fingerprint density at radius 2 is 1.39 bits per heavy atom. The molecule has 2 amide bonds. The van der Waals surface area contributed by atoms with Crippen molar-refractivity contribution in [1.29, 1.82) is 0 Å². The van der Waals surface area contributed by atoms with E-state index >= 15 is 0 Å². The SMILES string of the molecule is CN(C(=O)C(Cc1ccc(Cl)cc1)NC(=O)OC(C)(C)C)C(Cc1ccc(Cl)cc1)C(=O)O. The van der Waals surface area contributed by atoms with Gasteiger partial charge in [0.1, 0.15) is 17.7 Å². The second kappa shape index (κ2) is 11.4. The number of alkyl carbamates (subject to hydrolysis) is 1. The Bertz CT molecular complexity index is 972. The maximum absolute atomic E-state index is 13.4. The van der Waals surface area contributed by atoms with Gasteiger partial charge in [-0.2, -0.15) is 0 Å². The lowest BCUT2D eigenvalue weighted by atomic mass is 10.0. The summed E-state index contributed by atoms with van der Waals surface area (Å²) in [5.74, 6) is -1.72. The molecule has 0 saturated carbocycles. The van der Waals surface area contributed by atoms with Crippen LogP contribution in [-0.2, 0) is 27.2 Å². The van der Waals surface area contributed by atoms with E-state index in [0.29, 0.717) is 15.6 Å². The number of halogens is 2. The van der Waals surface area contributed by atoms with E-state index in [1.165, 1.54) is 7.05 Å². The van der Waals surface area contributed by atoms with Crippen LogP contribution >= 0.6 is 23.2 Å². The van der Waals surface area contributed by atoms with Crippen LogP contribution in [0.25, 0.3) is 0 Å². The van der Waals surface area contributed by atoms with Crippen molar-refractivity contribution >= 4 is 41.2 Å². The maximum Gasteiger partial charge on any atom is 0.408 e. The van der Waals surface area contributed by atoms with Crippen LogP contribution in [0.15, 0.2) is 48.5 Å². The normalized spacial score (nSPS) is 13.0. The van der Waals surface area contributed by atoms with Crippen LogP contribution in [0.2, 0.25) is 10.0 Å². The summed E-state index contributed by atoms with van der Waals surface area (Å²) >= 11 is 11.8. The van der Waals surface area contributed by atoms with Gasteiger partial charge in [-0.3, -0.25) is 4.79 Å². The molecule has 2 atom stereocenters. The smallest absolute Gasteiger partial charge is 0.408 e. The summed E-state index contributed by atoms with van der Waals surface area (Å²) in [7, 11) is 1.41. The van der Waals surface area contributed by atoms with Crippen molar-refractivity contribution < 1.29 is 24.2 Å². The molecular formula is C24H28Cl2N2O5. The lowest BCUT2D eigenvalue weighted by Crippen LogP contribution is -2.54. The molecule has 0 radical (unpaired) electrons. The number of benzene rings is 2. The van der Waals surface area contributed by atoms with Crippen molar-refractivity contribution in [2.24, 2.45) is 0 Å². The van der Waals surface area contributed by atoms with Crippen LogP contribution in [0, 0.1) is 0 Å². The van der Waals surface area contributed by atoms with Crippen LogP contribution in [0.4, 0.5) is 4.79 Å².